The second kappa shape index (κ2) is 8.85. The van der Waals surface area contributed by atoms with Gasteiger partial charge >= 0.3 is 0 Å². The van der Waals surface area contributed by atoms with Crippen LogP contribution in [-0.2, 0) is 4.79 Å². The number of aromatic nitrogens is 2. The number of anilines is 5. The Morgan fingerprint density at radius 2 is 1.54 bits per heavy atom. The fourth-order valence-electron chi connectivity index (χ4n) is 2.61. The molecule has 0 bridgehead atoms. The number of amides is 1. The fraction of sp³-hybridized carbons (Fsp3) is 0.190. The maximum absolute atomic E-state index is 11.1. The van der Waals surface area contributed by atoms with Gasteiger partial charge in [-0.1, -0.05) is 0 Å². The Hall–Kier alpha value is -3.61. The lowest BCUT2D eigenvalue weighted by atomic mass is 10.2. The molecule has 0 aliphatic heterocycles. The van der Waals surface area contributed by atoms with E-state index >= 15 is 0 Å². The lowest BCUT2D eigenvalue weighted by molar-refractivity contribution is -0.114. The molecule has 3 aromatic rings. The number of aryl methyl sites for hydroxylation is 1. The molecule has 0 saturated carbocycles. The predicted octanol–water partition coefficient (Wildman–Crippen LogP) is 4.63. The smallest absolute Gasteiger partial charge is 0.229 e. The molecule has 144 valence electrons. The van der Waals surface area contributed by atoms with E-state index in [0.29, 0.717) is 18.4 Å². The van der Waals surface area contributed by atoms with E-state index in [1.807, 2.05) is 68.4 Å². The topological polar surface area (TPSA) is 88.2 Å². The minimum absolute atomic E-state index is 0.0999. The minimum Gasteiger partial charge on any atom is -0.494 e. The maximum atomic E-state index is 11.1. The summed E-state index contributed by atoms with van der Waals surface area (Å²) in [6.45, 7) is 5.98. The van der Waals surface area contributed by atoms with E-state index in [0.717, 1.165) is 28.5 Å². The summed E-state index contributed by atoms with van der Waals surface area (Å²) in [5.74, 6) is 1.90. The number of rotatable bonds is 7. The highest BCUT2D eigenvalue weighted by Gasteiger charge is 2.05. The lowest BCUT2D eigenvalue weighted by Crippen LogP contribution is -2.05. The molecule has 0 radical (unpaired) electrons. The number of hydrogen-bond donors (Lipinski definition) is 3. The Bertz CT molecular complexity index is 940. The first-order valence-corrected chi connectivity index (χ1v) is 9.02. The van der Waals surface area contributed by atoms with E-state index in [4.69, 9.17) is 4.74 Å². The lowest BCUT2D eigenvalue weighted by Gasteiger charge is -2.11. The van der Waals surface area contributed by atoms with Crippen molar-refractivity contribution in [3.05, 3.63) is 60.3 Å². The summed E-state index contributed by atoms with van der Waals surface area (Å²) in [6, 6.07) is 16.9. The van der Waals surface area contributed by atoms with Crippen LogP contribution in [0.1, 0.15) is 19.5 Å². The molecule has 7 nitrogen and oxygen atoms in total. The Balaban J connectivity index is 1.71. The number of ether oxygens (including phenoxy) is 1. The highest BCUT2D eigenvalue weighted by molar-refractivity contribution is 5.88. The third-order valence-electron chi connectivity index (χ3n) is 3.75. The van der Waals surface area contributed by atoms with Gasteiger partial charge in [-0.05, 0) is 62.4 Å². The highest BCUT2D eigenvalue weighted by Crippen LogP contribution is 2.22. The molecule has 0 aliphatic carbocycles. The fourth-order valence-corrected chi connectivity index (χ4v) is 2.61. The molecule has 7 heteroatoms. The van der Waals surface area contributed by atoms with Crippen molar-refractivity contribution in [3.8, 4) is 5.75 Å². The monoisotopic (exact) mass is 377 g/mol. The summed E-state index contributed by atoms with van der Waals surface area (Å²) in [5.41, 5.74) is 3.31. The molecule has 1 aromatic heterocycles. The number of benzene rings is 2. The molecule has 1 amide bonds. The number of carbonyl (C=O) groups excluding carboxylic acids is 1. The van der Waals surface area contributed by atoms with E-state index in [1.165, 1.54) is 6.92 Å². The van der Waals surface area contributed by atoms with Gasteiger partial charge in [-0.25, -0.2) is 4.98 Å². The van der Waals surface area contributed by atoms with Gasteiger partial charge in [0.2, 0.25) is 11.9 Å². The first kappa shape index (κ1) is 19.2. The van der Waals surface area contributed by atoms with Gasteiger partial charge in [0.25, 0.3) is 0 Å². The van der Waals surface area contributed by atoms with Gasteiger partial charge in [-0.2, -0.15) is 4.98 Å². The first-order chi connectivity index (χ1) is 13.5. The number of nitrogens with zero attached hydrogens (tertiary/aromatic N) is 2. The Kier molecular flexibility index (Phi) is 6.06. The second-order valence-electron chi connectivity index (χ2n) is 6.18. The molecule has 3 N–H and O–H groups in total. The van der Waals surface area contributed by atoms with Crippen molar-refractivity contribution in [2.45, 2.75) is 20.8 Å². The predicted molar refractivity (Wildman–Crippen MR) is 112 cm³/mol. The number of nitrogens with one attached hydrogen (secondary N) is 3. The van der Waals surface area contributed by atoms with Gasteiger partial charge in [0, 0.05) is 35.7 Å². The van der Waals surface area contributed by atoms with Crippen LogP contribution in [0.4, 0.5) is 28.8 Å². The van der Waals surface area contributed by atoms with Crippen molar-refractivity contribution in [3.63, 3.8) is 0 Å². The maximum Gasteiger partial charge on any atom is 0.229 e. The van der Waals surface area contributed by atoms with E-state index in [1.54, 1.807) is 0 Å². The molecule has 0 spiro atoms. The average Bonchev–Trinajstić information content (AvgIpc) is 2.64. The molecule has 0 unspecified atom stereocenters. The Labute approximate surface area is 164 Å². The Morgan fingerprint density at radius 1 is 0.929 bits per heavy atom. The van der Waals surface area contributed by atoms with Crippen LogP contribution in [0, 0.1) is 6.92 Å². The first-order valence-electron chi connectivity index (χ1n) is 9.02. The average molecular weight is 377 g/mol. The number of hydrogen-bond acceptors (Lipinski definition) is 6. The quantitative estimate of drug-likeness (QED) is 0.556. The van der Waals surface area contributed by atoms with Crippen molar-refractivity contribution in [1.29, 1.82) is 0 Å². The zero-order valence-electron chi connectivity index (χ0n) is 16.1. The van der Waals surface area contributed by atoms with Gasteiger partial charge in [-0.3, -0.25) is 4.79 Å². The second-order valence-corrected chi connectivity index (χ2v) is 6.18. The van der Waals surface area contributed by atoms with Crippen LogP contribution in [0.3, 0.4) is 0 Å². The van der Waals surface area contributed by atoms with E-state index < -0.39 is 0 Å². The van der Waals surface area contributed by atoms with Crippen LogP contribution < -0.4 is 20.7 Å². The van der Waals surface area contributed by atoms with Gasteiger partial charge in [-0.15, -0.1) is 0 Å². The van der Waals surface area contributed by atoms with E-state index in [-0.39, 0.29) is 5.91 Å². The zero-order valence-corrected chi connectivity index (χ0v) is 16.1. The van der Waals surface area contributed by atoms with Crippen molar-refractivity contribution in [2.24, 2.45) is 0 Å². The van der Waals surface area contributed by atoms with Gasteiger partial charge in [0.15, 0.2) is 0 Å². The van der Waals surface area contributed by atoms with Crippen molar-refractivity contribution in [2.75, 3.05) is 22.6 Å². The summed E-state index contributed by atoms with van der Waals surface area (Å²) in [4.78, 5) is 20.1. The van der Waals surface area contributed by atoms with E-state index in [9.17, 15) is 4.79 Å². The summed E-state index contributed by atoms with van der Waals surface area (Å²) in [7, 11) is 0. The third-order valence-corrected chi connectivity index (χ3v) is 3.75. The number of carbonyl (C=O) groups is 1. The molecule has 0 aliphatic rings. The van der Waals surface area contributed by atoms with E-state index in [2.05, 4.69) is 25.9 Å². The molecule has 3 rings (SSSR count). The molecule has 0 fully saturated rings. The van der Waals surface area contributed by atoms with Gasteiger partial charge in [0.05, 0.1) is 6.61 Å². The molecule has 0 saturated heterocycles. The van der Waals surface area contributed by atoms with Crippen LogP contribution in [0.25, 0.3) is 0 Å². The van der Waals surface area contributed by atoms with Crippen molar-refractivity contribution >= 4 is 34.7 Å². The Morgan fingerprint density at radius 3 is 2.18 bits per heavy atom. The van der Waals surface area contributed by atoms with Gasteiger partial charge < -0.3 is 20.7 Å². The zero-order chi connectivity index (χ0) is 19.9. The van der Waals surface area contributed by atoms with Crippen molar-refractivity contribution in [1.82, 2.24) is 9.97 Å². The molecule has 2 aromatic carbocycles. The molecule has 1 heterocycles. The van der Waals surface area contributed by atoms with Crippen LogP contribution >= 0.6 is 0 Å². The standard InChI is InChI=1S/C21H23N5O2/c1-4-28-19-11-9-18(10-12-19)25-21-22-14(2)13-20(26-21)24-17-7-5-16(6-8-17)23-15(3)27/h5-13H,4H2,1-3H3,(H,23,27)(H2,22,24,25,26). The highest BCUT2D eigenvalue weighted by atomic mass is 16.5. The summed E-state index contributed by atoms with van der Waals surface area (Å²) >= 11 is 0. The van der Waals surface area contributed by atoms with Gasteiger partial charge in [0.1, 0.15) is 11.6 Å². The summed E-state index contributed by atoms with van der Waals surface area (Å²) in [5, 5.41) is 9.20. The molecule has 0 atom stereocenters. The SMILES string of the molecule is CCOc1ccc(Nc2nc(C)cc(Nc3ccc(NC(C)=O)cc3)n2)cc1. The molecular weight excluding hydrogens is 354 g/mol. The van der Waals surface area contributed by atoms with Crippen LogP contribution in [0.5, 0.6) is 5.75 Å². The normalized spacial score (nSPS) is 10.2. The largest absolute Gasteiger partial charge is 0.494 e. The summed E-state index contributed by atoms with van der Waals surface area (Å²) in [6.07, 6.45) is 0. The molecular formula is C21H23N5O2. The van der Waals surface area contributed by atoms with Crippen LogP contribution in [-0.4, -0.2) is 22.5 Å². The molecule has 28 heavy (non-hydrogen) atoms. The van der Waals surface area contributed by atoms with Crippen LogP contribution in [0.2, 0.25) is 0 Å². The van der Waals surface area contributed by atoms with Crippen LogP contribution in [0.15, 0.2) is 54.6 Å². The minimum atomic E-state index is -0.0999. The summed E-state index contributed by atoms with van der Waals surface area (Å²) < 4.78 is 5.45. The third kappa shape index (κ3) is 5.44. The van der Waals surface area contributed by atoms with Crippen molar-refractivity contribution < 1.29 is 9.53 Å².